The van der Waals surface area contributed by atoms with Crippen LogP contribution in [0.1, 0.15) is 111 Å². The summed E-state index contributed by atoms with van der Waals surface area (Å²) in [5.41, 5.74) is -0.649. The normalized spacial score (nSPS) is 13.8. The zero-order chi connectivity index (χ0) is 26.4. The Bertz CT molecular complexity index is 301. The van der Waals surface area contributed by atoms with Crippen molar-refractivity contribution < 1.29 is 40.9 Å². The summed E-state index contributed by atoms with van der Waals surface area (Å²) < 4.78 is 0. The molecule has 0 aliphatic heterocycles. The minimum Gasteiger partial charge on any atom is -0.396 e. The molecule has 0 bridgehead atoms. The Hall–Kier alpha value is -0.320. The van der Waals surface area contributed by atoms with Gasteiger partial charge in [0, 0.05) is 33.0 Å². The van der Waals surface area contributed by atoms with Crippen molar-refractivity contribution >= 4 is 0 Å². The van der Waals surface area contributed by atoms with Crippen molar-refractivity contribution in [2.75, 3.05) is 33.0 Å². The van der Waals surface area contributed by atoms with Gasteiger partial charge < -0.3 is 40.9 Å². The quantitative estimate of drug-likeness (QED) is 0.145. The van der Waals surface area contributed by atoms with Gasteiger partial charge in [0.1, 0.15) is 0 Å². The average Bonchev–Trinajstić information content (AvgIpc) is 2.76. The van der Waals surface area contributed by atoms with Crippen molar-refractivity contribution in [3.05, 3.63) is 0 Å². The molecule has 0 amide bonds. The lowest BCUT2D eigenvalue weighted by molar-refractivity contribution is 0.0249. The summed E-state index contributed by atoms with van der Waals surface area (Å²) in [4.78, 5) is 0. The number of hydrogen-bond acceptors (Lipinski definition) is 8. The highest BCUT2D eigenvalue weighted by Gasteiger charge is 2.17. The summed E-state index contributed by atoms with van der Waals surface area (Å²) in [5, 5.41) is 68.6. The fourth-order valence-corrected chi connectivity index (χ4v) is 2.56. The number of unbranched alkanes of at least 4 members (excludes halogenated alkanes) is 4. The van der Waals surface area contributed by atoms with Crippen LogP contribution in [0.5, 0.6) is 0 Å². The van der Waals surface area contributed by atoms with Gasteiger partial charge in [0.25, 0.3) is 0 Å². The summed E-state index contributed by atoms with van der Waals surface area (Å²) >= 11 is 0. The Morgan fingerprint density at radius 3 is 1.39 bits per heavy atom. The highest BCUT2D eigenvalue weighted by Crippen LogP contribution is 2.14. The molecule has 0 heterocycles. The smallest absolute Gasteiger partial charge is 0.0641 e. The zero-order valence-electron chi connectivity index (χ0n) is 22.0. The fourth-order valence-electron chi connectivity index (χ4n) is 2.56. The summed E-state index contributed by atoms with van der Waals surface area (Å²) in [6.07, 6.45) is 10.4. The van der Waals surface area contributed by atoms with Gasteiger partial charge in [0.15, 0.2) is 0 Å². The van der Waals surface area contributed by atoms with Crippen molar-refractivity contribution in [1.29, 1.82) is 0 Å². The highest BCUT2D eigenvalue weighted by atomic mass is 16.3. The topological polar surface area (TPSA) is 162 Å². The summed E-state index contributed by atoms with van der Waals surface area (Å²) in [6, 6.07) is 0. The number of aliphatic hydroxyl groups is 8. The minimum absolute atomic E-state index is 0.0764. The molecule has 0 aliphatic carbocycles. The Labute approximate surface area is 203 Å². The molecule has 0 aromatic rings. The van der Waals surface area contributed by atoms with Crippen LogP contribution in [-0.2, 0) is 0 Å². The van der Waals surface area contributed by atoms with Gasteiger partial charge in [-0.1, -0.05) is 33.1 Å². The molecule has 3 atom stereocenters. The molecule has 0 aliphatic rings. The minimum atomic E-state index is -0.649. The first-order valence-electron chi connectivity index (χ1n) is 12.7. The largest absolute Gasteiger partial charge is 0.396 e. The van der Waals surface area contributed by atoms with Gasteiger partial charge in [0.05, 0.1) is 17.8 Å². The lowest BCUT2D eigenvalue weighted by Crippen LogP contribution is -2.24. The third-order valence-electron chi connectivity index (χ3n) is 4.70. The van der Waals surface area contributed by atoms with Crippen LogP contribution in [-0.4, -0.2) is 91.7 Å². The van der Waals surface area contributed by atoms with E-state index in [1.165, 1.54) is 0 Å². The van der Waals surface area contributed by atoms with Gasteiger partial charge in [0.2, 0.25) is 0 Å². The maximum atomic E-state index is 9.35. The molecule has 0 rings (SSSR count). The van der Waals surface area contributed by atoms with Gasteiger partial charge in [-0.15, -0.1) is 0 Å². The van der Waals surface area contributed by atoms with E-state index in [9.17, 15) is 5.11 Å². The Morgan fingerprint density at radius 1 is 0.606 bits per heavy atom. The predicted molar refractivity (Wildman–Crippen MR) is 135 cm³/mol. The number of rotatable bonds is 17. The summed E-state index contributed by atoms with van der Waals surface area (Å²) in [7, 11) is 0. The average molecular weight is 487 g/mol. The second-order valence-electron chi connectivity index (χ2n) is 8.58. The second kappa shape index (κ2) is 33.9. The predicted octanol–water partition coefficient (Wildman–Crippen LogP) is 2.51. The van der Waals surface area contributed by atoms with Crippen LogP contribution in [0.3, 0.4) is 0 Å². The zero-order valence-corrected chi connectivity index (χ0v) is 22.0. The molecule has 0 saturated carbocycles. The van der Waals surface area contributed by atoms with Crippen LogP contribution >= 0.6 is 0 Å². The van der Waals surface area contributed by atoms with Crippen LogP contribution in [0.2, 0.25) is 0 Å². The Morgan fingerprint density at radius 2 is 1.06 bits per heavy atom. The Kier molecular flexibility index (Phi) is 40.9. The molecule has 0 saturated heterocycles. The molecule has 0 fully saturated rings. The van der Waals surface area contributed by atoms with Crippen molar-refractivity contribution in [3.8, 4) is 0 Å². The highest BCUT2D eigenvalue weighted by molar-refractivity contribution is 4.70. The van der Waals surface area contributed by atoms with Gasteiger partial charge in [-0.05, 0) is 78.1 Å². The molecule has 206 valence electrons. The second-order valence-corrected chi connectivity index (χ2v) is 8.58. The summed E-state index contributed by atoms with van der Waals surface area (Å²) in [5.74, 6) is 0. The first-order chi connectivity index (χ1) is 15.6. The van der Waals surface area contributed by atoms with Gasteiger partial charge in [-0.2, -0.15) is 0 Å². The molecule has 33 heavy (non-hydrogen) atoms. The molecular weight excluding hydrogens is 428 g/mol. The fraction of sp³-hybridized carbons (Fsp3) is 1.00. The third-order valence-corrected chi connectivity index (χ3v) is 4.70. The molecular formula is C25H58O8. The molecule has 0 aromatic carbocycles. The Balaban J connectivity index is -0.000000170. The van der Waals surface area contributed by atoms with Crippen LogP contribution in [0, 0.1) is 0 Å². The molecule has 0 aromatic heterocycles. The van der Waals surface area contributed by atoms with E-state index in [1.54, 1.807) is 13.8 Å². The first-order valence-corrected chi connectivity index (χ1v) is 12.7. The van der Waals surface area contributed by atoms with E-state index >= 15 is 0 Å². The standard InChI is InChI=1S/C7H16O2.3C6H14O2/c1-3-4-7(2,9)5-6-8;1-6(8)4-2-3-5-7;1-2-6(8)4-3-5-7;7-5-3-1-2-4-6-8/h8-9H,3-6H2,1-2H3;2*6-8H,2-5H2,1H3;7-8H,1-6H2. The van der Waals surface area contributed by atoms with E-state index in [-0.39, 0.29) is 45.2 Å². The van der Waals surface area contributed by atoms with E-state index < -0.39 is 5.60 Å². The van der Waals surface area contributed by atoms with Gasteiger partial charge in [-0.25, -0.2) is 0 Å². The van der Waals surface area contributed by atoms with Crippen molar-refractivity contribution in [2.45, 2.75) is 129 Å². The van der Waals surface area contributed by atoms with Gasteiger partial charge in [-0.3, -0.25) is 0 Å². The van der Waals surface area contributed by atoms with E-state index in [0.717, 1.165) is 77.0 Å². The number of hydrogen-bond donors (Lipinski definition) is 8. The van der Waals surface area contributed by atoms with Crippen LogP contribution in [0.4, 0.5) is 0 Å². The van der Waals surface area contributed by atoms with E-state index in [1.807, 2.05) is 13.8 Å². The lowest BCUT2D eigenvalue weighted by Gasteiger charge is -2.20. The van der Waals surface area contributed by atoms with Crippen molar-refractivity contribution in [3.63, 3.8) is 0 Å². The van der Waals surface area contributed by atoms with Crippen molar-refractivity contribution in [2.24, 2.45) is 0 Å². The summed E-state index contributed by atoms with van der Waals surface area (Å²) in [6.45, 7) is 8.55. The maximum absolute atomic E-state index is 9.35. The van der Waals surface area contributed by atoms with Crippen LogP contribution in [0.25, 0.3) is 0 Å². The number of aliphatic hydroxyl groups excluding tert-OH is 7. The van der Waals surface area contributed by atoms with Gasteiger partial charge >= 0.3 is 0 Å². The maximum Gasteiger partial charge on any atom is 0.0641 e. The van der Waals surface area contributed by atoms with E-state index in [4.69, 9.17) is 35.7 Å². The first kappa shape index (κ1) is 39.9. The SMILES string of the molecule is CC(O)CCCCO.CCC(O)CCCO.CCCC(C)(O)CCO.OCCCCCCO. The third kappa shape index (κ3) is 49.8. The lowest BCUT2D eigenvalue weighted by atomic mass is 9.97. The molecule has 8 N–H and O–H groups in total. The molecule has 8 heteroatoms. The van der Waals surface area contributed by atoms with E-state index in [2.05, 4.69) is 0 Å². The molecule has 8 nitrogen and oxygen atoms in total. The molecule has 0 radical (unpaired) electrons. The van der Waals surface area contributed by atoms with Crippen molar-refractivity contribution in [1.82, 2.24) is 0 Å². The van der Waals surface area contributed by atoms with Crippen LogP contribution < -0.4 is 0 Å². The monoisotopic (exact) mass is 486 g/mol. The van der Waals surface area contributed by atoms with Crippen LogP contribution in [0.15, 0.2) is 0 Å². The van der Waals surface area contributed by atoms with E-state index in [0.29, 0.717) is 6.42 Å². The molecule has 3 unspecified atom stereocenters. The molecule has 0 spiro atoms.